The molecule has 0 N–H and O–H groups in total. The molecular weight excluding hydrogens is 172 g/mol. The number of Topliss-reactive ketones (excluding diaryl/α,β-unsaturated/α-hetero) is 1. The molecule has 0 radical (unpaired) electrons. The first-order valence-electron chi connectivity index (χ1n) is 5.03. The van der Waals surface area contributed by atoms with Crippen LogP contribution in [0.2, 0.25) is 0 Å². The van der Waals surface area contributed by atoms with Crippen LogP contribution in [0, 0.1) is 13.8 Å². The van der Waals surface area contributed by atoms with E-state index in [1.807, 2.05) is 13.8 Å². The molecule has 0 bridgehead atoms. The van der Waals surface area contributed by atoms with Crippen LogP contribution in [0.25, 0.3) is 0 Å². The predicted octanol–water partition coefficient (Wildman–Crippen LogP) is 3.92. The third kappa shape index (κ3) is 13.5. The third-order valence-corrected chi connectivity index (χ3v) is 1.17. The fraction of sp³-hybridized carbons (Fsp3) is 0.462. The molecule has 0 heterocycles. The molecule has 1 nitrogen and oxygen atoms in total. The van der Waals surface area contributed by atoms with Crippen LogP contribution in [0.1, 0.15) is 38.8 Å². The van der Waals surface area contributed by atoms with Gasteiger partial charge in [-0.3, -0.25) is 0 Å². The Bertz CT molecular complexity index is 230. The van der Waals surface area contributed by atoms with Crippen molar-refractivity contribution in [1.29, 1.82) is 0 Å². The summed E-state index contributed by atoms with van der Waals surface area (Å²) in [6.07, 6.45) is 0. The number of benzene rings is 1. The summed E-state index contributed by atoms with van der Waals surface area (Å²) < 4.78 is 0. The van der Waals surface area contributed by atoms with E-state index in [2.05, 4.69) is 38.1 Å². The molecular formula is C13H22O. The Morgan fingerprint density at radius 3 is 1.43 bits per heavy atom. The second-order valence-electron chi connectivity index (χ2n) is 3.07. The smallest absolute Gasteiger partial charge is 0.126 e. The van der Waals surface area contributed by atoms with E-state index in [-0.39, 0.29) is 5.78 Å². The molecule has 80 valence electrons. The van der Waals surface area contributed by atoms with E-state index in [1.54, 1.807) is 0 Å². The van der Waals surface area contributed by atoms with Crippen molar-refractivity contribution in [2.45, 2.75) is 41.5 Å². The quantitative estimate of drug-likeness (QED) is 0.611. The molecule has 1 heteroatoms. The Kier molecular flexibility index (Phi) is 10.9. The molecule has 0 atom stereocenters. The van der Waals surface area contributed by atoms with Gasteiger partial charge in [-0.15, -0.1) is 0 Å². The molecule has 0 aliphatic heterocycles. The number of aryl methyl sites for hydroxylation is 2. The zero-order valence-electron chi connectivity index (χ0n) is 10.2. The van der Waals surface area contributed by atoms with Gasteiger partial charge in [0.25, 0.3) is 0 Å². The molecule has 0 amide bonds. The van der Waals surface area contributed by atoms with Crippen LogP contribution in [0.15, 0.2) is 24.3 Å². The summed E-state index contributed by atoms with van der Waals surface area (Å²) in [5.74, 6) is 0.167. The van der Waals surface area contributed by atoms with Crippen molar-refractivity contribution in [3.05, 3.63) is 35.4 Å². The number of rotatable bonds is 0. The summed E-state index contributed by atoms with van der Waals surface area (Å²) in [7, 11) is 0. The lowest BCUT2D eigenvalue weighted by atomic mass is 10.2. The Hall–Kier alpha value is -1.11. The summed E-state index contributed by atoms with van der Waals surface area (Å²) in [5, 5.41) is 0. The van der Waals surface area contributed by atoms with E-state index < -0.39 is 0 Å². The van der Waals surface area contributed by atoms with Crippen LogP contribution in [0.5, 0.6) is 0 Å². The van der Waals surface area contributed by atoms with Gasteiger partial charge >= 0.3 is 0 Å². The molecule has 0 unspecified atom stereocenters. The van der Waals surface area contributed by atoms with Crippen LogP contribution in [-0.4, -0.2) is 5.78 Å². The topological polar surface area (TPSA) is 17.1 Å². The van der Waals surface area contributed by atoms with Crippen LogP contribution in [0.4, 0.5) is 0 Å². The van der Waals surface area contributed by atoms with Crippen molar-refractivity contribution >= 4 is 5.78 Å². The van der Waals surface area contributed by atoms with Gasteiger partial charge < -0.3 is 4.79 Å². The highest BCUT2D eigenvalue weighted by atomic mass is 16.1. The van der Waals surface area contributed by atoms with Gasteiger partial charge in [-0.2, -0.15) is 0 Å². The van der Waals surface area contributed by atoms with Gasteiger partial charge in [-0.25, -0.2) is 0 Å². The zero-order chi connectivity index (χ0) is 11.6. The van der Waals surface area contributed by atoms with Crippen LogP contribution in [0.3, 0.4) is 0 Å². The maximum absolute atomic E-state index is 9.44. The molecule has 0 aliphatic rings. The Morgan fingerprint density at radius 1 is 1.00 bits per heavy atom. The first-order chi connectivity index (χ1) is 6.52. The molecule has 0 spiro atoms. The molecule has 0 fully saturated rings. The fourth-order valence-electron chi connectivity index (χ4n) is 0.807. The summed E-state index contributed by atoms with van der Waals surface area (Å²) in [6, 6.07) is 8.45. The van der Waals surface area contributed by atoms with E-state index >= 15 is 0 Å². The summed E-state index contributed by atoms with van der Waals surface area (Å²) >= 11 is 0. The van der Waals surface area contributed by atoms with E-state index in [0.717, 1.165) is 0 Å². The molecule has 0 aromatic heterocycles. The van der Waals surface area contributed by atoms with Gasteiger partial charge in [0, 0.05) is 0 Å². The van der Waals surface area contributed by atoms with E-state index in [0.29, 0.717) is 0 Å². The van der Waals surface area contributed by atoms with Gasteiger partial charge in [0.2, 0.25) is 0 Å². The average Bonchev–Trinajstić information content (AvgIpc) is 2.06. The van der Waals surface area contributed by atoms with Crippen LogP contribution in [-0.2, 0) is 4.79 Å². The van der Waals surface area contributed by atoms with Crippen LogP contribution < -0.4 is 0 Å². The second kappa shape index (κ2) is 9.97. The molecule has 1 aromatic carbocycles. The molecule has 1 rings (SSSR count). The number of hydrogen-bond acceptors (Lipinski definition) is 1. The van der Waals surface area contributed by atoms with Crippen molar-refractivity contribution in [3.8, 4) is 0 Å². The van der Waals surface area contributed by atoms with Gasteiger partial charge in [0.1, 0.15) is 5.78 Å². The molecule has 0 saturated carbocycles. The standard InChI is InChI=1S/C8H10.C3H6O.C2H6/c1-7-4-3-5-8(2)6-7;1-3(2)4;1-2/h3-6H,1-2H3;1-2H3;1-2H3. The highest BCUT2D eigenvalue weighted by molar-refractivity contribution is 5.72. The van der Waals surface area contributed by atoms with Gasteiger partial charge in [-0.05, 0) is 27.7 Å². The van der Waals surface area contributed by atoms with E-state index in [4.69, 9.17) is 0 Å². The predicted molar refractivity (Wildman–Crippen MR) is 63.6 cm³/mol. The molecule has 0 saturated heterocycles. The van der Waals surface area contributed by atoms with Crippen molar-refractivity contribution in [3.63, 3.8) is 0 Å². The lowest BCUT2D eigenvalue weighted by Gasteiger charge is -1.90. The van der Waals surface area contributed by atoms with Crippen molar-refractivity contribution in [2.75, 3.05) is 0 Å². The molecule has 1 aromatic rings. The van der Waals surface area contributed by atoms with E-state index in [9.17, 15) is 4.79 Å². The normalized spacial score (nSPS) is 7.57. The highest BCUT2D eigenvalue weighted by Gasteiger charge is 1.80. The Labute approximate surface area is 88.2 Å². The lowest BCUT2D eigenvalue weighted by Crippen LogP contribution is -1.71. The molecule has 14 heavy (non-hydrogen) atoms. The third-order valence-electron chi connectivity index (χ3n) is 1.17. The second-order valence-corrected chi connectivity index (χ2v) is 3.07. The van der Waals surface area contributed by atoms with Crippen LogP contribution >= 0.6 is 0 Å². The Balaban J connectivity index is 0. The largest absolute Gasteiger partial charge is 0.300 e. The molecule has 0 aliphatic carbocycles. The van der Waals surface area contributed by atoms with Crippen molar-refractivity contribution < 1.29 is 4.79 Å². The summed E-state index contributed by atoms with van der Waals surface area (Å²) in [4.78, 5) is 9.44. The number of ketones is 1. The minimum absolute atomic E-state index is 0.167. The lowest BCUT2D eigenvalue weighted by molar-refractivity contribution is -0.114. The number of carbonyl (C=O) groups is 1. The van der Waals surface area contributed by atoms with Gasteiger partial charge in [-0.1, -0.05) is 49.2 Å². The minimum Gasteiger partial charge on any atom is -0.300 e. The van der Waals surface area contributed by atoms with Gasteiger partial charge in [0.05, 0.1) is 0 Å². The summed E-state index contributed by atoms with van der Waals surface area (Å²) in [5.41, 5.74) is 2.68. The maximum atomic E-state index is 9.44. The SMILES string of the molecule is CC.CC(C)=O.Cc1cccc(C)c1. The van der Waals surface area contributed by atoms with E-state index in [1.165, 1.54) is 25.0 Å². The first kappa shape index (κ1) is 15.4. The highest BCUT2D eigenvalue weighted by Crippen LogP contribution is 2.00. The summed E-state index contributed by atoms with van der Waals surface area (Å²) in [6.45, 7) is 11.3. The fourth-order valence-corrected chi connectivity index (χ4v) is 0.807. The van der Waals surface area contributed by atoms with Crippen molar-refractivity contribution in [1.82, 2.24) is 0 Å². The minimum atomic E-state index is 0.167. The zero-order valence-corrected chi connectivity index (χ0v) is 10.2. The monoisotopic (exact) mass is 194 g/mol. The van der Waals surface area contributed by atoms with Gasteiger partial charge in [0.15, 0.2) is 0 Å². The number of hydrogen-bond donors (Lipinski definition) is 0. The van der Waals surface area contributed by atoms with Crippen molar-refractivity contribution in [2.24, 2.45) is 0 Å². The maximum Gasteiger partial charge on any atom is 0.126 e. The number of carbonyl (C=O) groups excluding carboxylic acids is 1. The average molecular weight is 194 g/mol. The first-order valence-corrected chi connectivity index (χ1v) is 5.03. The Morgan fingerprint density at radius 2 is 1.29 bits per heavy atom.